The van der Waals surface area contributed by atoms with Crippen molar-refractivity contribution in [2.75, 3.05) is 52.3 Å². The van der Waals surface area contributed by atoms with Crippen LogP contribution in [0.1, 0.15) is 32.1 Å². The number of rotatable bonds is 9. The Balaban J connectivity index is 1.30. The van der Waals surface area contributed by atoms with Gasteiger partial charge in [0, 0.05) is 43.5 Å². The lowest BCUT2D eigenvalue weighted by molar-refractivity contribution is 0.0643. The number of hydrogen-bond acceptors (Lipinski definition) is 9. The number of benzene rings is 2. The van der Waals surface area contributed by atoms with Gasteiger partial charge in [0.05, 0.1) is 14.2 Å². The number of anilines is 1. The molecule has 1 N–H and O–H groups in total. The monoisotopic (exact) mass is 511 g/mol. The molecule has 1 saturated heterocycles. The summed E-state index contributed by atoms with van der Waals surface area (Å²) in [5.41, 5.74) is 1.18. The molecule has 4 rings (SSSR count). The highest BCUT2D eigenvalue weighted by Crippen LogP contribution is 2.31. The second-order valence-corrected chi connectivity index (χ2v) is 9.13. The minimum absolute atomic E-state index is 0.00637. The summed E-state index contributed by atoms with van der Waals surface area (Å²) >= 11 is 1.15. The number of ether oxygens (including phenoxy) is 3. The van der Waals surface area contributed by atoms with E-state index in [4.69, 9.17) is 14.2 Å². The molecule has 1 aromatic heterocycles. The maximum absolute atomic E-state index is 12.8. The summed E-state index contributed by atoms with van der Waals surface area (Å²) in [6, 6.07) is 12.1. The van der Waals surface area contributed by atoms with Gasteiger partial charge in [-0.1, -0.05) is 18.3 Å². The second-order valence-electron chi connectivity index (χ2n) is 8.06. The van der Waals surface area contributed by atoms with Crippen molar-refractivity contribution in [1.29, 1.82) is 0 Å². The number of aromatic nitrogens is 2. The summed E-state index contributed by atoms with van der Waals surface area (Å²) in [5, 5.41) is 11.6. The molecule has 0 unspecified atom stereocenters. The van der Waals surface area contributed by atoms with Crippen LogP contribution in [0.15, 0.2) is 42.5 Å². The fourth-order valence-corrected chi connectivity index (χ4v) is 4.43. The number of nitrogens with zero attached hydrogens (tertiary/aromatic N) is 4. The molecule has 2 aromatic carbocycles. The number of carbonyl (C=O) groups excluding carboxylic acids is 2. The van der Waals surface area contributed by atoms with E-state index in [1.54, 1.807) is 56.7 Å². The van der Waals surface area contributed by atoms with Crippen molar-refractivity contribution >= 4 is 28.8 Å². The van der Waals surface area contributed by atoms with Crippen LogP contribution in [0.25, 0.3) is 0 Å². The van der Waals surface area contributed by atoms with E-state index in [0.29, 0.717) is 33.5 Å². The summed E-state index contributed by atoms with van der Waals surface area (Å²) in [5.74, 6) is 1.37. The molecular formula is C25H29N5O5S. The van der Waals surface area contributed by atoms with Crippen LogP contribution < -0.4 is 19.5 Å². The molecule has 0 atom stereocenters. The quantitative estimate of drug-likeness (QED) is 0.467. The van der Waals surface area contributed by atoms with Gasteiger partial charge in [-0.2, -0.15) is 0 Å². The van der Waals surface area contributed by atoms with E-state index in [1.807, 2.05) is 4.90 Å². The summed E-state index contributed by atoms with van der Waals surface area (Å²) in [6.07, 6.45) is 0. The molecule has 2 amide bonds. The van der Waals surface area contributed by atoms with Crippen LogP contribution in [-0.4, -0.2) is 78.8 Å². The maximum Gasteiger partial charge on any atom is 0.286 e. The molecule has 3 aromatic rings. The molecule has 11 heteroatoms. The van der Waals surface area contributed by atoms with E-state index in [-0.39, 0.29) is 23.4 Å². The van der Waals surface area contributed by atoms with E-state index in [9.17, 15) is 9.59 Å². The lowest BCUT2D eigenvalue weighted by Crippen LogP contribution is -2.48. The Labute approximate surface area is 213 Å². The molecule has 0 spiro atoms. The largest absolute Gasteiger partial charge is 0.493 e. The second kappa shape index (κ2) is 11.8. The Kier molecular flexibility index (Phi) is 8.34. The highest BCUT2D eigenvalue weighted by molar-refractivity contribution is 7.13. The topological polar surface area (TPSA) is 106 Å². The van der Waals surface area contributed by atoms with Gasteiger partial charge in [-0.15, -0.1) is 10.2 Å². The first-order valence-electron chi connectivity index (χ1n) is 11.6. The Morgan fingerprint density at radius 2 is 1.69 bits per heavy atom. The summed E-state index contributed by atoms with van der Waals surface area (Å²) < 4.78 is 16.2. The molecule has 0 aliphatic carbocycles. The highest BCUT2D eigenvalue weighted by atomic mass is 32.1. The normalized spacial score (nSPS) is 13.8. The number of carbonyl (C=O) groups is 2. The van der Waals surface area contributed by atoms with Gasteiger partial charge >= 0.3 is 0 Å². The van der Waals surface area contributed by atoms with Gasteiger partial charge in [-0.25, -0.2) is 0 Å². The smallest absolute Gasteiger partial charge is 0.286 e. The van der Waals surface area contributed by atoms with Crippen molar-refractivity contribution in [2.45, 2.75) is 13.5 Å². The summed E-state index contributed by atoms with van der Waals surface area (Å²) in [7, 11) is 3.12. The molecule has 190 valence electrons. The Hall–Kier alpha value is -3.70. The van der Waals surface area contributed by atoms with Crippen LogP contribution in [0.3, 0.4) is 0 Å². The first-order chi connectivity index (χ1) is 17.5. The molecule has 0 bridgehead atoms. The minimum atomic E-state index is -0.375. The van der Waals surface area contributed by atoms with Gasteiger partial charge in [-0.3, -0.25) is 9.59 Å². The van der Waals surface area contributed by atoms with Crippen molar-refractivity contribution in [3.63, 3.8) is 0 Å². The lowest BCUT2D eigenvalue weighted by atomic mass is 10.1. The van der Waals surface area contributed by atoms with Crippen molar-refractivity contribution in [1.82, 2.24) is 20.0 Å². The SMILES string of the molecule is CCN1CCN(C(=O)c2ccc(NC(=O)c3nnc(COc4ccc(OC)c(OC)c4)s3)cc2)CC1. The number of hydrogen-bond donors (Lipinski definition) is 1. The average molecular weight is 512 g/mol. The molecule has 1 aliphatic rings. The Bertz CT molecular complexity index is 1190. The fourth-order valence-electron chi connectivity index (χ4n) is 3.79. The van der Waals surface area contributed by atoms with E-state index < -0.39 is 0 Å². The minimum Gasteiger partial charge on any atom is -0.493 e. The van der Waals surface area contributed by atoms with Crippen LogP contribution in [0, 0.1) is 0 Å². The molecular weight excluding hydrogens is 482 g/mol. The number of methoxy groups -OCH3 is 2. The third kappa shape index (κ3) is 6.10. The predicted molar refractivity (Wildman–Crippen MR) is 136 cm³/mol. The first-order valence-corrected chi connectivity index (χ1v) is 12.4. The molecule has 36 heavy (non-hydrogen) atoms. The number of nitrogens with one attached hydrogen (secondary N) is 1. The van der Waals surface area contributed by atoms with Crippen molar-refractivity contribution in [3.8, 4) is 17.2 Å². The van der Waals surface area contributed by atoms with Gasteiger partial charge < -0.3 is 29.3 Å². The van der Waals surface area contributed by atoms with Crippen LogP contribution in [-0.2, 0) is 6.61 Å². The predicted octanol–water partition coefficient (Wildman–Crippen LogP) is 3.16. The zero-order valence-electron chi connectivity index (χ0n) is 20.5. The van der Waals surface area contributed by atoms with Gasteiger partial charge in [0.2, 0.25) is 5.01 Å². The lowest BCUT2D eigenvalue weighted by Gasteiger charge is -2.34. The van der Waals surface area contributed by atoms with Crippen molar-refractivity contribution in [2.24, 2.45) is 0 Å². The number of likely N-dealkylation sites (N-methyl/N-ethyl adjacent to an activating group) is 1. The van der Waals surface area contributed by atoms with Crippen molar-refractivity contribution < 1.29 is 23.8 Å². The molecule has 10 nitrogen and oxygen atoms in total. The zero-order chi connectivity index (χ0) is 25.5. The Morgan fingerprint density at radius 3 is 2.36 bits per heavy atom. The first kappa shape index (κ1) is 25.4. The molecule has 2 heterocycles. The zero-order valence-corrected chi connectivity index (χ0v) is 21.3. The third-order valence-corrected chi connectivity index (χ3v) is 6.77. The molecule has 0 saturated carbocycles. The van der Waals surface area contributed by atoms with Crippen LogP contribution in [0.5, 0.6) is 17.2 Å². The highest BCUT2D eigenvalue weighted by Gasteiger charge is 2.21. The maximum atomic E-state index is 12.8. The van der Waals surface area contributed by atoms with E-state index in [1.165, 1.54) is 0 Å². The summed E-state index contributed by atoms with van der Waals surface area (Å²) in [6.45, 7) is 6.50. The van der Waals surface area contributed by atoms with Crippen molar-refractivity contribution in [3.05, 3.63) is 58.0 Å². The van der Waals surface area contributed by atoms with E-state index in [0.717, 1.165) is 44.1 Å². The van der Waals surface area contributed by atoms with Gasteiger partial charge in [-0.05, 0) is 42.9 Å². The van der Waals surface area contributed by atoms with Gasteiger partial charge in [0.25, 0.3) is 11.8 Å². The number of amides is 2. The molecule has 0 radical (unpaired) electrons. The molecule has 1 aliphatic heterocycles. The summed E-state index contributed by atoms with van der Waals surface area (Å²) in [4.78, 5) is 29.6. The standard InChI is InChI=1S/C25H29N5O5S/c1-4-29-11-13-30(14-12-29)25(32)17-5-7-18(8-6-17)26-23(31)24-28-27-22(36-24)16-35-19-9-10-20(33-2)21(15-19)34-3/h5-10,15H,4,11-14,16H2,1-3H3,(H,26,31). The van der Waals surface area contributed by atoms with Crippen LogP contribution in [0.4, 0.5) is 5.69 Å². The van der Waals surface area contributed by atoms with Crippen LogP contribution in [0.2, 0.25) is 0 Å². The van der Waals surface area contributed by atoms with E-state index in [2.05, 4.69) is 27.3 Å². The molecule has 1 fully saturated rings. The fraction of sp³-hybridized carbons (Fsp3) is 0.360. The average Bonchev–Trinajstić information content (AvgIpc) is 3.41. The number of piperazine rings is 1. The van der Waals surface area contributed by atoms with Crippen LogP contribution >= 0.6 is 11.3 Å². The Morgan fingerprint density at radius 1 is 0.972 bits per heavy atom. The third-order valence-electron chi connectivity index (χ3n) is 5.87. The van der Waals surface area contributed by atoms with Gasteiger partial charge in [0.1, 0.15) is 12.4 Å². The van der Waals surface area contributed by atoms with Gasteiger partial charge in [0.15, 0.2) is 16.5 Å². The van der Waals surface area contributed by atoms with E-state index >= 15 is 0 Å².